The standard InChI is InChI=1S/C13H16N6/c1-10-3-4-11-12(16-10)19(13(14)17-11)7-2-6-18-8-5-15-9-18/h3-5,8-9H,2,6-7H2,1H3,(H2,14,17). The van der Waals surface area contributed by atoms with E-state index in [9.17, 15) is 0 Å². The Kier molecular flexibility index (Phi) is 2.91. The van der Waals surface area contributed by atoms with E-state index in [4.69, 9.17) is 5.73 Å². The average molecular weight is 256 g/mol. The van der Waals surface area contributed by atoms with Gasteiger partial charge in [-0.05, 0) is 25.5 Å². The third-order valence-corrected chi connectivity index (χ3v) is 3.12. The highest BCUT2D eigenvalue weighted by molar-refractivity contribution is 5.74. The number of nitrogen functional groups attached to an aromatic ring is 1. The van der Waals surface area contributed by atoms with Gasteiger partial charge in [-0.2, -0.15) is 0 Å². The molecule has 0 aliphatic carbocycles. The van der Waals surface area contributed by atoms with Gasteiger partial charge in [-0.15, -0.1) is 0 Å². The third kappa shape index (κ3) is 2.29. The fourth-order valence-corrected chi connectivity index (χ4v) is 2.16. The minimum absolute atomic E-state index is 0.527. The maximum Gasteiger partial charge on any atom is 0.202 e. The van der Waals surface area contributed by atoms with Crippen molar-refractivity contribution in [1.29, 1.82) is 0 Å². The van der Waals surface area contributed by atoms with Gasteiger partial charge in [0.15, 0.2) is 5.65 Å². The van der Waals surface area contributed by atoms with Crippen LogP contribution in [0.15, 0.2) is 30.9 Å². The van der Waals surface area contributed by atoms with E-state index in [-0.39, 0.29) is 0 Å². The Labute approximate surface area is 110 Å². The summed E-state index contributed by atoms with van der Waals surface area (Å²) in [5, 5.41) is 0. The molecule has 0 amide bonds. The van der Waals surface area contributed by atoms with Gasteiger partial charge in [-0.25, -0.2) is 15.0 Å². The Morgan fingerprint density at radius 1 is 1.21 bits per heavy atom. The molecule has 0 aliphatic heterocycles. The van der Waals surface area contributed by atoms with Crippen LogP contribution in [0.1, 0.15) is 12.1 Å². The molecule has 0 atom stereocenters. The van der Waals surface area contributed by atoms with E-state index >= 15 is 0 Å². The number of hydrogen-bond donors (Lipinski definition) is 1. The van der Waals surface area contributed by atoms with Crippen molar-refractivity contribution in [2.24, 2.45) is 0 Å². The van der Waals surface area contributed by atoms with Gasteiger partial charge in [0.1, 0.15) is 5.52 Å². The minimum Gasteiger partial charge on any atom is -0.369 e. The topological polar surface area (TPSA) is 74.5 Å². The highest BCUT2D eigenvalue weighted by Gasteiger charge is 2.09. The lowest BCUT2D eigenvalue weighted by molar-refractivity contribution is 0.573. The first-order chi connectivity index (χ1) is 9.24. The molecule has 3 rings (SSSR count). The molecule has 6 nitrogen and oxygen atoms in total. The first-order valence-corrected chi connectivity index (χ1v) is 6.29. The number of nitrogens with zero attached hydrogens (tertiary/aromatic N) is 5. The molecule has 6 heteroatoms. The molecule has 0 spiro atoms. The second-order valence-electron chi connectivity index (χ2n) is 4.57. The van der Waals surface area contributed by atoms with Crippen LogP contribution in [0.5, 0.6) is 0 Å². The Morgan fingerprint density at radius 3 is 2.89 bits per heavy atom. The van der Waals surface area contributed by atoms with Gasteiger partial charge >= 0.3 is 0 Å². The second-order valence-corrected chi connectivity index (χ2v) is 4.57. The predicted octanol–water partition coefficient (Wildman–Crippen LogP) is 1.61. The minimum atomic E-state index is 0.527. The highest BCUT2D eigenvalue weighted by atomic mass is 15.2. The zero-order valence-electron chi connectivity index (χ0n) is 10.8. The predicted molar refractivity (Wildman–Crippen MR) is 73.5 cm³/mol. The van der Waals surface area contributed by atoms with Crippen molar-refractivity contribution in [3.63, 3.8) is 0 Å². The summed E-state index contributed by atoms with van der Waals surface area (Å²) in [6.07, 6.45) is 6.52. The largest absolute Gasteiger partial charge is 0.369 e. The molecular weight excluding hydrogens is 240 g/mol. The lowest BCUT2D eigenvalue weighted by Crippen LogP contribution is -2.07. The van der Waals surface area contributed by atoms with E-state index < -0.39 is 0 Å². The van der Waals surface area contributed by atoms with Crippen LogP contribution in [0.2, 0.25) is 0 Å². The Bertz CT molecular complexity index is 683. The lowest BCUT2D eigenvalue weighted by atomic mass is 10.3. The van der Waals surface area contributed by atoms with Crippen LogP contribution < -0.4 is 5.73 Å². The molecular formula is C13H16N6. The van der Waals surface area contributed by atoms with Gasteiger partial charge in [-0.1, -0.05) is 0 Å². The summed E-state index contributed by atoms with van der Waals surface area (Å²) < 4.78 is 4.02. The van der Waals surface area contributed by atoms with E-state index in [1.54, 1.807) is 6.20 Å². The number of imidazole rings is 2. The Balaban J connectivity index is 1.80. The molecule has 0 bridgehead atoms. The normalized spacial score (nSPS) is 11.2. The van der Waals surface area contributed by atoms with Gasteiger partial charge in [0.25, 0.3) is 0 Å². The first-order valence-electron chi connectivity index (χ1n) is 6.29. The summed E-state index contributed by atoms with van der Waals surface area (Å²) in [5.74, 6) is 0.527. The number of pyridine rings is 1. The SMILES string of the molecule is Cc1ccc2nc(N)n(CCCn3ccnc3)c2n1. The number of nitrogens with two attached hydrogens (primary N) is 1. The van der Waals surface area contributed by atoms with Crippen molar-refractivity contribution in [1.82, 2.24) is 24.1 Å². The van der Waals surface area contributed by atoms with E-state index in [1.165, 1.54) is 0 Å². The molecule has 3 aromatic heterocycles. The van der Waals surface area contributed by atoms with Gasteiger partial charge in [0, 0.05) is 31.2 Å². The summed E-state index contributed by atoms with van der Waals surface area (Å²) >= 11 is 0. The highest BCUT2D eigenvalue weighted by Crippen LogP contribution is 2.16. The van der Waals surface area contributed by atoms with Crippen LogP contribution in [0, 0.1) is 6.92 Å². The van der Waals surface area contributed by atoms with Crippen molar-refractivity contribution in [2.75, 3.05) is 5.73 Å². The Morgan fingerprint density at radius 2 is 2.11 bits per heavy atom. The number of rotatable bonds is 4. The summed E-state index contributed by atoms with van der Waals surface area (Å²) in [6.45, 7) is 3.68. The third-order valence-electron chi connectivity index (χ3n) is 3.12. The molecule has 98 valence electrons. The van der Waals surface area contributed by atoms with Gasteiger partial charge in [0.2, 0.25) is 5.95 Å². The lowest BCUT2D eigenvalue weighted by Gasteiger charge is -2.06. The second kappa shape index (κ2) is 4.72. The van der Waals surface area contributed by atoms with Crippen LogP contribution in [0.25, 0.3) is 11.2 Å². The van der Waals surface area contributed by atoms with E-state index in [0.29, 0.717) is 5.95 Å². The smallest absolute Gasteiger partial charge is 0.202 e. The molecule has 0 aromatic carbocycles. The molecule has 0 radical (unpaired) electrons. The van der Waals surface area contributed by atoms with Crippen molar-refractivity contribution in [2.45, 2.75) is 26.4 Å². The quantitative estimate of drug-likeness (QED) is 0.769. The van der Waals surface area contributed by atoms with Crippen LogP contribution in [0.3, 0.4) is 0 Å². The molecule has 0 unspecified atom stereocenters. The van der Waals surface area contributed by atoms with Crippen LogP contribution >= 0.6 is 0 Å². The zero-order chi connectivity index (χ0) is 13.2. The molecule has 0 saturated carbocycles. The summed E-state index contributed by atoms with van der Waals surface area (Å²) in [4.78, 5) is 12.9. The van der Waals surface area contributed by atoms with Gasteiger partial charge < -0.3 is 10.3 Å². The van der Waals surface area contributed by atoms with Crippen LogP contribution in [-0.2, 0) is 13.1 Å². The molecule has 3 aromatic rings. The van der Waals surface area contributed by atoms with Crippen LogP contribution in [0.4, 0.5) is 5.95 Å². The number of aromatic nitrogens is 5. The number of hydrogen-bond acceptors (Lipinski definition) is 4. The van der Waals surface area contributed by atoms with Crippen molar-refractivity contribution in [3.05, 3.63) is 36.5 Å². The first kappa shape index (κ1) is 11.7. The molecule has 0 aliphatic rings. The van der Waals surface area contributed by atoms with Crippen LogP contribution in [-0.4, -0.2) is 24.1 Å². The van der Waals surface area contributed by atoms with Crippen molar-refractivity contribution in [3.8, 4) is 0 Å². The van der Waals surface area contributed by atoms with Gasteiger partial charge in [0.05, 0.1) is 6.33 Å². The van der Waals surface area contributed by atoms with E-state index in [0.717, 1.165) is 36.4 Å². The molecule has 0 fully saturated rings. The maximum atomic E-state index is 5.96. The molecule has 19 heavy (non-hydrogen) atoms. The summed E-state index contributed by atoms with van der Waals surface area (Å²) in [5.41, 5.74) is 8.65. The van der Waals surface area contributed by atoms with E-state index in [1.807, 2.05) is 40.7 Å². The van der Waals surface area contributed by atoms with Gasteiger partial charge in [-0.3, -0.25) is 4.57 Å². The fourth-order valence-electron chi connectivity index (χ4n) is 2.16. The number of fused-ring (bicyclic) bond motifs is 1. The van der Waals surface area contributed by atoms with Crippen molar-refractivity contribution >= 4 is 17.1 Å². The monoisotopic (exact) mass is 256 g/mol. The Hall–Kier alpha value is -2.37. The molecule has 2 N–H and O–H groups in total. The molecule has 3 heterocycles. The molecule has 0 saturated heterocycles. The number of anilines is 1. The maximum absolute atomic E-state index is 5.96. The van der Waals surface area contributed by atoms with Crippen molar-refractivity contribution < 1.29 is 0 Å². The summed E-state index contributed by atoms with van der Waals surface area (Å²) in [7, 11) is 0. The summed E-state index contributed by atoms with van der Waals surface area (Å²) in [6, 6.07) is 3.91. The average Bonchev–Trinajstić information content (AvgIpc) is 2.99. The fraction of sp³-hybridized carbons (Fsp3) is 0.308. The number of aryl methyl sites for hydroxylation is 3. The van der Waals surface area contributed by atoms with E-state index in [2.05, 4.69) is 15.0 Å². The zero-order valence-corrected chi connectivity index (χ0v) is 10.8.